The maximum atomic E-state index is 12.5. The lowest BCUT2D eigenvalue weighted by Crippen LogP contribution is -2.30. The molecule has 0 aromatic heterocycles. The van der Waals surface area contributed by atoms with Gasteiger partial charge >= 0.3 is 0 Å². The summed E-state index contributed by atoms with van der Waals surface area (Å²) >= 11 is 1.80. The molecule has 0 spiro atoms. The zero-order valence-corrected chi connectivity index (χ0v) is 20.5. The van der Waals surface area contributed by atoms with Gasteiger partial charge in [0, 0.05) is 22.6 Å². The zero-order valence-electron chi connectivity index (χ0n) is 18.8. The number of para-hydroxylation sites is 2. The molecule has 1 amide bonds. The number of rotatable bonds is 10. The van der Waals surface area contributed by atoms with E-state index in [1.165, 1.54) is 10.6 Å². The molecule has 0 saturated carbocycles. The molecule has 0 bridgehead atoms. The van der Waals surface area contributed by atoms with Crippen molar-refractivity contribution in [3.05, 3.63) is 59.7 Å². The van der Waals surface area contributed by atoms with Gasteiger partial charge in [0.15, 0.2) is 0 Å². The average Bonchev–Trinajstić information content (AvgIpc) is 2.69. The second-order valence-electron chi connectivity index (χ2n) is 8.08. The molecule has 0 radical (unpaired) electrons. The number of amides is 1. The van der Waals surface area contributed by atoms with E-state index in [2.05, 4.69) is 26.1 Å². The molecule has 0 aliphatic carbocycles. The van der Waals surface area contributed by atoms with E-state index in [1.807, 2.05) is 13.0 Å². The van der Waals surface area contributed by atoms with Crippen LogP contribution in [0, 0.1) is 0 Å². The van der Waals surface area contributed by atoms with Crippen molar-refractivity contribution in [3.63, 3.8) is 0 Å². The maximum absolute atomic E-state index is 12.5. The third-order valence-corrected chi connectivity index (χ3v) is 6.70. The number of anilines is 1. The van der Waals surface area contributed by atoms with E-state index in [0.29, 0.717) is 30.2 Å². The first-order chi connectivity index (χ1) is 14.5. The second-order valence-corrected chi connectivity index (χ2v) is 11.9. The smallest absolute Gasteiger partial charge is 0.251 e. The van der Waals surface area contributed by atoms with Gasteiger partial charge in [0.25, 0.3) is 5.91 Å². The summed E-state index contributed by atoms with van der Waals surface area (Å²) in [4.78, 5) is 12.4. The quantitative estimate of drug-likeness (QED) is 0.530. The molecule has 2 rings (SSSR count). The van der Waals surface area contributed by atoms with Crippen molar-refractivity contribution < 1.29 is 17.9 Å². The molecular weight excluding hydrogens is 432 g/mol. The minimum Gasteiger partial charge on any atom is -0.492 e. The molecule has 0 atom stereocenters. The molecule has 0 fully saturated rings. The third-order valence-electron chi connectivity index (χ3n) is 4.30. The van der Waals surface area contributed by atoms with Crippen molar-refractivity contribution in [1.29, 1.82) is 0 Å². The number of sulfonamides is 1. The summed E-state index contributed by atoms with van der Waals surface area (Å²) in [5.74, 6) is 1.22. The van der Waals surface area contributed by atoms with E-state index in [1.54, 1.807) is 54.2 Å². The molecule has 0 heterocycles. The average molecular weight is 465 g/mol. The van der Waals surface area contributed by atoms with Gasteiger partial charge in [-0.2, -0.15) is 11.8 Å². The van der Waals surface area contributed by atoms with Crippen LogP contribution in [0.5, 0.6) is 5.75 Å². The van der Waals surface area contributed by atoms with E-state index in [4.69, 9.17) is 4.74 Å². The number of benzene rings is 2. The highest BCUT2D eigenvalue weighted by atomic mass is 32.2. The Balaban J connectivity index is 2.10. The molecule has 2 aromatic rings. The van der Waals surface area contributed by atoms with Crippen LogP contribution in [0.15, 0.2) is 48.5 Å². The number of carbonyl (C=O) groups excluding carboxylic acids is 1. The van der Waals surface area contributed by atoms with Crippen LogP contribution in [-0.2, 0) is 16.6 Å². The van der Waals surface area contributed by atoms with Crippen LogP contribution < -0.4 is 14.4 Å². The summed E-state index contributed by atoms with van der Waals surface area (Å²) in [7, 11) is -3.54. The normalized spacial score (nSPS) is 11.8. The van der Waals surface area contributed by atoms with Crippen molar-refractivity contribution in [1.82, 2.24) is 5.32 Å². The molecule has 0 unspecified atom stereocenters. The fourth-order valence-electron chi connectivity index (χ4n) is 2.87. The monoisotopic (exact) mass is 464 g/mol. The van der Waals surface area contributed by atoms with Gasteiger partial charge in [0.05, 0.1) is 25.1 Å². The topological polar surface area (TPSA) is 75.7 Å². The second kappa shape index (κ2) is 10.9. The summed E-state index contributed by atoms with van der Waals surface area (Å²) in [5.41, 5.74) is 1.81. The Hall–Kier alpha value is -2.19. The first-order valence-corrected chi connectivity index (χ1v) is 13.1. The summed E-state index contributed by atoms with van der Waals surface area (Å²) < 4.78 is 32.1. The maximum Gasteiger partial charge on any atom is 0.251 e. The Bertz CT molecular complexity index is 968. The van der Waals surface area contributed by atoms with E-state index in [9.17, 15) is 13.2 Å². The lowest BCUT2D eigenvalue weighted by Gasteiger charge is -2.24. The largest absolute Gasteiger partial charge is 0.492 e. The third kappa shape index (κ3) is 8.10. The highest BCUT2D eigenvalue weighted by molar-refractivity contribution is 8.00. The molecule has 0 aliphatic rings. The van der Waals surface area contributed by atoms with Gasteiger partial charge in [-0.1, -0.05) is 45.0 Å². The van der Waals surface area contributed by atoms with Crippen LogP contribution in [0.2, 0.25) is 0 Å². The van der Waals surface area contributed by atoms with Crippen LogP contribution in [0.4, 0.5) is 5.69 Å². The standard InChI is InChI=1S/C23H32N2O4S2/c1-6-29-21-10-8-7-9-20(21)25(31(5,27)28)17-18-11-13-19(14-12-18)22(26)24-15-16-30-23(2,3)4/h7-14H,6,15-17H2,1-5H3,(H,24,26). The van der Waals surface area contributed by atoms with E-state index in [0.717, 1.165) is 11.3 Å². The molecule has 1 N–H and O–H groups in total. The fraction of sp³-hybridized carbons (Fsp3) is 0.435. The SMILES string of the molecule is CCOc1ccccc1N(Cc1ccc(C(=O)NCCSC(C)(C)C)cc1)S(C)(=O)=O. The van der Waals surface area contributed by atoms with Gasteiger partial charge < -0.3 is 10.1 Å². The van der Waals surface area contributed by atoms with Gasteiger partial charge in [0.2, 0.25) is 10.0 Å². The lowest BCUT2D eigenvalue weighted by atomic mass is 10.1. The molecule has 0 saturated heterocycles. The number of thioether (sulfide) groups is 1. The van der Waals surface area contributed by atoms with Crippen LogP contribution >= 0.6 is 11.8 Å². The number of carbonyl (C=O) groups is 1. The summed E-state index contributed by atoms with van der Waals surface area (Å²) in [6.45, 7) is 9.46. The minimum absolute atomic E-state index is 0.136. The first kappa shape index (κ1) is 25.1. The number of nitrogens with zero attached hydrogens (tertiary/aromatic N) is 1. The van der Waals surface area contributed by atoms with Gasteiger partial charge in [-0.25, -0.2) is 8.42 Å². The Morgan fingerprint density at radius 3 is 2.32 bits per heavy atom. The molecule has 31 heavy (non-hydrogen) atoms. The van der Waals surface area contributed by atoms with Crippen LogP contribution in [0.25, 0.3) is 0 Å². The highest BCUT2D eigenvalue weighted by Gasteiger charge is 2.21. The van der Waals surface area contributed by atoms with Crippen molar-refractivity contribution in [2.75, 3.05) is 29.5 Å². The van der Waals surface area contributed by atoms with E-state index in [-0.39, 0.29) is 17.2 Å². The van der Waals surface area contributed by atoms with Gasteiger partial charge in [-0.3, -0.25) is 9.10 Å². The predicted molar refractivity (Wildman–Crippen MR) is 130 cm³/mol. The minimum atomic E-state index is -3.54. The molecular formula is C23H32N2O4S2. The Kier molecular flexibility index (Phi) is 8.82. The van der Waals surface area contributed by atoms with Crippen molar-refractivity contribution in [2.45, 2.75) is 39.0 Å². The first-order valence-electron chi connectivity index (χ1n) is 10.2. The number of hydrogen-bond donors (Lipinski definition) is 1. The summed E-state index contributed by atoms with van der Waals surface area (Å²) in [6.07, 6.45) is 1.17. The molecule has 0 aliphatic heterocycles. The number of ether oxygens (including phenoxy) is 1. The van der Waals surface area contributed by atoms with Crippen LogP contribution in [0.1, 0.15) is 43.6 Å². The molecule has 2 aromatic carbocycles. The Morgan fingerprint density at radius 2 is 1.74 bits per heavy atom. The number of nitrogens with one attached hydrogen (secondary N) is 1. The van der Waals surface area contributed by atoms with E-state index >= 15 is 0 Å². The summed E-state index contributed by atoms with van der Waals surface area (Å²) in [6, 6.07) is 14.1. The van der Waals surface area contributed by atoms with Crippen LogP contribution in [-0.4, -0.2) is 44.2 Å². The van der Waals surface area contributed by atoms with Gasteiger partial charge in [0.1, 0.15) is 5.75 Å². The van der Waals surface area contributed by atoms with Crippen molar-refractivity contribution >= 4 is 33.4 Å². The zero-order chi connectivity index (χ0) is 23.1. The number of hydrogen-bond acceptors (Lipinski definition) is 5. The molecule has 170 valence electrons. The van der Waals surface area contributed by atoms with Crippen LogP contribution in [0.3, 0.4) is 0 Å². The lowest BCUT2D eigenvalue weighted by molar-refractivity contribution is 0.0956. The van der Waals surface area contributed by atoms with E-state index < -0.39 is 10.0 Å². The highest BCUT2D eigenvalue weighted by Crippen LogP contribution is 2.31. The molecule has 8 heteroatoms. The fourth-order valence-corrected chi connectivity index (χ4v) is 4.58. The summed E-state index contributed by atoms with van der Waals surface area (Å²) in [5, 5.41) is 2.92. The Morgan fingerprint density at radius 1 is 1.10 bits per heavy atom. The molecule has 6 nitrogen and oxygen atoms in total. The van der Waals surface area contributed by atoms with Crippen molar-refractivity contribution in [2.24, 2.45) is 0 Å². The Labute approximate surface area is 190 Å². The van der Waals surface area contributed by atoms with Gasteiger partial charge in [-0.15, -0.1) is 0 Å². The predicted octanol–water partition coefficient (Wildman–Crippen LogP) is 4.31. The van der Waals surface area contributed by atoms with Crippen molar-refractivity contribution in [3.8, 4) is 5.75 Å². The van der Waals surface area contributed by atoms with Gasteiger partial charge in [-0.05, 0) is 36.8 Å².